The second kappa shape index (κ2) is 9.92. The molecule has 32 heavy (non-hydrogen) atoms. The number of nitro groups is 1. The molecule has 0 radical (unpaired) electrons. The van der Waals surface area contributed by atoms with Gasteiger partial charge in [0, 0.05) is 29.4 Å². The minimum atomic E-state index is -2.94. The normalized spacial score (nSPS) is 11.6. The van der Waals surface area contributed by atoms with Crippen LogP contribution < -0.4 is 19.7 Å². The van der Waals surface area contributed by atoms with Crippen LogP contribution in [-0.4, -0.2) is 16.5 Å². The second-order valence-electron chi connectivity index (χ2n) is 6.63. The number of benzene rings is 2. The summed E-state index contributed by atoms with van der Waals surface area (Å²) in [5.41, 5.74) is 1.52. The molecule has 0 aliphatic rings. The first-order valence-electron chi connectivity index (χ1n) is 9.25. The summed E-state index contributed by atoms with van der Waals surface area (Å²) < 4.78 is 30.6. The average Bonchev–Trinajstić information content (AvgIpc) is 2.75. The first kappa shape index (κ1) is 22.8. The summed E-state index contributed by atoms with van der Waals surface area (Å²) in [6, 6.07) is 14.4. The Balaban J connectivity index is 1.98. The van der Waals surface area contributed by atoms with Gasteiger partial charge in [0.25, 0.3) is 5.69 Å². The van der Waals surface area contributed by atoms with Crippen molar-refractivity contribution in [3.05, 3.63) is 94.3 Å². The number of hydrogen-bond acceptors (Lipinski definition) is 5. The van der Waals surface area contributed by atoms with E-state index in [1.54, 1.807) is 23.0 Å². The van der Waals surface area contributed by atoms with E-state index in [2.05, 4.69) is 10.1 Å². The van der Waals surface area contributed by atoms with Crippen molar-refractivity contribution < 1.29 is 28.1 Å². The lowest BCUT2D eigenvalue weighted by molar-refractivity contribution is -0.578. The van der Waals surface area contributed by atoms with Crippen molar-refractivity contribution in [2.75, 3.05) is 5.32 Å². The number of hydrogen-bond donors (Lipinski definition) is 1. The van der Waals surface area contributed by atoms with E-state index in [1.165, 1.54) is 48.5 Å². The van der Waals surface area contributed by atoms with Crippen molar-refractivity contribution in [2.45, 2.75) is 13.5 Å². The van der Waals surface area contributed by atoms with Gasteiger partial charge < -0.3 is 15.2 Å². The Hall–Kier alpha value is -3.92. The van der Waals surface area contributed by atoms with Crippen LogP contribution in [0.25, 0.3) is 11.5 Å². The minimum Gasteiger partial charge on any atom is -0.867 e. The molecular formula is C22H17F2N3O4S. The SMILES string of the molecule is Cc1ccc[n+](C(C(=S)Nc2ccc(OC(F)F)cc2)=C([O-])c2ccc([N+](=O)[O-])cc2)c1. The van der Waals surface area contributed by atoms with Crippen LogP contribution in [0.15, 0.2) is 73.1 Å². The smallest absolute Gasteiger partial charge is 0.387 e. The summed E-state index contributed by atoms with van der Waals surface area (Å²) in [5.74, 6) is -0.471. The number of nitrogens with one attached hydrogen (secondary N) is 1. The number of pyridine rings is 1. The molecular weight excluding hydrogens is 440 g/mol. The third-order valence-corrected chi connectivity index (χ3v) is 4.61. The summed E-state index contributed by atoms with van der Waals surface area (Å²) >= 11 is 5.48. The lowest BCUT2D eigenvalue weighted by Crippen LogP contribution is -2.40. The molecule has 1 N–H and O–H groups in total. The lowest BCUT2D eigenvalue weighted by atomic mass is 10.1. The molecule has 3 rings (SSSR count). The third kappa shape index (κ3) is 5.61. The number of nitro benzene ring substituents is 1. The van der Waals surface area contributed by atoms with Crippen LogP contribution in [0.3, 0.4) is 0 Å². The van der Waals surface area contributed by atoms with Crippen LogP contribution in [0.4, 0.5) is 20.2 Å². The van der Waals surface area contributed by atoms with Gasteiger partial charge in [0.05, 0.1) is 4.92 Å². The summed E-state index contributed by atoms with van der Waals surface area (Å²) in [7, 11) is 0. The molecule has 0 unspecified atom stereocenters. The van der Waals surface area contributed by atoms with Gasteiger partial charge in [-0.15, -0.1) is 0 Å². The molecule has 0 saturated heterocycles. The van der Waals surface area contributed by atoms with Crippen molar-refractivity contribution in [1.29, 1.82) is 0 Å². The number of rotatable bonds is 7. The number of alkyl halides is 2. The molecule has 0 bridgehead atoms. The molecule has 10 heteroatoms. The lowest BCUT2D eigenvalue weighted by Gasteiger charge is -2.17. The van der Waals surface area contributed by atoms with Crippen molar-refractivity contribution >= 4 is 40.0 Å². The second-order valence-corrected chi connectivity index (χ2v) is 7.04. The number of thiocarbonyl (C=S) groups is 1. The molecule has 3 aromatic rings. The largest absolute Gasteiger partial charge is 0.867 e. The van der Waals surface area contributed by atoms with Crippen LogP contribution in [0.2, 0.25) is 0 Å². The molecule has 2 aromatic carbocycles. The minimum absolute atomic E-state index is 0.0179. The van der Waals surface area contributed by atoms with Gasteiger partial charge in [-0.2, -0.15) is 13.3 Å². The number of ether oxygens (including phenoxy) is 1. The van der Waals surface area contributed by atoms with Crippen LogP contribution in [0.5, 0.6) is 5.75 Å². The van der Waals surface area contributed by atoms with E-state index in [9.17, 15) is 24.0 Å². The molecule has 1 aromatic heterocycles. The molecule has 1 heterocycles. The molecule has 0 aliphatic heterocycles. The van der Waals surface area contributed by atoms with Crippen molar-refractivity contribution in [1.82, 2.24) is 0 Å². The Morgan fingerprint density at radius 3 is 2.34 bits per heavy atom. The van der Waals surface area contributed by atoms with Gasteiger partial charge in [-0.3, -0.25) is 10.1 Å². The van der Waals surface area contributed by atoms with Crippen LogP contribution in [0, 0.1) is 17.0 Å². The predicted octanol–water partition coefficient (Wildman–Crippen LogP) is 3.92. The maximum absolute atomic E-state index is 13.3. The highest BCUT2D eigenvalue weighted by Crippen LogP contribution is 2.22. The molecule has 0 atom stereocenters. The molecule has 164 valence electrons. The fraction of sp³-hybridized carbons (Fsp3) is 0.0909. The highest BCUT2D eigenvalue weighted by Gasteiger charge is 2.20. The maximum atomic E-state index is 13.3. The predicted molar refractivity (Wildman–Crippen MR) is 117 cm³/mol. The van der Waals surface area contributed by atoms with Crippen molar-refractivity contribution in [2.24, 2.45) is 0 Å². The number of halogens is 2. The molecule has 0 fully saturated rings. The maximum Gasteiger partial charge on any atom is 0.387 e. The Bertz CT molecular complexity index is 1170. The monoisotopic (exact) mass is 457 g/mol. The summed E-state index contributed by atoms with van der Waals surface area (Å²) in [4.78, 5) is 10.4. The number of aromatic nitrogens is 1. The van der Waals surface area contributed by atoms with Gasteiger partial charge >= 0.3 is 6.61 Å². The van der Waals surface area contributed by atoms with Crippen molar-refractivity contribution in [3.8, 4) is 5.75 Å². The van der Waals surface area contributed by atoms with Crippen LogP contribution in [-0.2, 0) is 0 Å². The molecule has 0 spiro atoms. The first-order valence-corrected chi connectivity index (χ1v) is 9.66. The van der Waals surface area contributed by atoms with Gasteiger partial charge in [-0.1, -0.05) is 12.2 Å². The van der Waals surface area contributed by atoms with Gasteiger partial charge in [0.15, 0.2) is 17.4 Å². The van der Waals surface area contributed by atoms with Crippen molar-refractivity contribution in [3.63, 3.8) is 0 Å². The van der Waals surface area contributed by atoms with Gasteiger partial charge in [-0.25, -0.2) is 0 Å². The Morgan fingerprint density at radius 2 is 1.78 bits per heavy atom. The average molecular weight is 457 g/mol. The van der Waals surface area contributed by atoms with E-state index >= 15 is 0 Å². The van der Waals surface area contributed by atoms with E-state index in [-0.39, 0.29) is 27.7 Å². The van der Waals surface area contributed by atoms with E-state index in [0.717, 1.165) is 5.56 Å². The zero-order valence-corrected chi connectivity index (χ0v) is 17.5. The fourth-order valence-corrected chi connectivity index (χ4v) is 3.17. The number of anilines is 1. The number of nitrogens with zero attached hydrogens (tertiary/aromatic N) is 2. The highest BCUT2D eigenvalue weighted by atomic mass is 32.1. The van der Waals surface area contributed by atoms with Gasteiger partial charge in [0.2, 0.25) is 5.70 Å². The molecule has 0 saturated carbocycles. The quantitative estimate of drug-likeness (QED) is 0.144. The Kier molecular flexibility index (Phi) is 7.06. The standard InChI is InChI=1S/C22H17F2N3O4S/c1-14-3-2-12-26(13-14)19(20(28)15-4-8-17(9-5-15)27(29)30)21(32)25-16-6-10-18(11-7-16)31-22(23)24/h2-13,22H,1H3,(H-,25,28,32). The summed E-state index contributed by atoms with van der Waals surface area (Å²) in [6.07, 6.45) is 3.37. The summed E-state index contributed by atoms with van der Waals surface area (Å²) in [6.45, 7) is -1.09. The number of non-ortho nitro benzene ring substituents is 1. The Labute approximate surface area is 187 Å². The topological polar surface area (TPSA) is 91.3 Å². The van der Waals surface area contributed by atoms with Gasteiger partial charge in [-0.05, 0) is 60.7 Å². The van der Waals surface area contributed by atoms with Crippen LogP contribution >= 0.6 is 12.2 Å². The molecule has 0 aliphatic carbocycles. The molecule has 7 nitrogen and oxygen atoms in total. The van der Waals surface area contributed by atoms with E-state index in [0.29, 0.717) is 5.69 Å². The zero-order valence-electron chi connectivity index (χ0n) is 16.7. The summed E-state index contributed by atoms with van der Waals surface area (Å²) in [5, 5.41) is 27.1. The molecule has 0 amide bonds. The van der Waals surface area contributed by atoms with E-state index in [1.807, 2.05) is 13.0 Å². The fourth-order valence-electron chi connectivity index (χ4n) is 2.85. The van der Waals surface area contributed by atoms with E-state index < -0.39 is 17.3 Å². The van der Waals surface area contributed by atoms with E-state index in [4.69, 9.17) is 12.2 Å². The van der Waals surface area contributed by atoms with Gasteiger partial charge in [0.1, 0.15) is 5.75 Å². The third-order valence-electron chi connectivity index (χ3n) is 4.31. The Morgan fingerprint density at radius 1 is 1.12 bits per heavy atom. The number of aryl methyl sites for hydroxylation is 1. The van der Waals surface area contributed by atoms with Crippen LogP contribution in [0.1, 0.15) is 11.1 Å². The highest BCUT2D eigenvalue weighted by molar-refractivity contribution is 7.81. The first-order chi connectivity index (χ1) is 15.2. The zero-order chi connectivity index (χ0) is 23.3.